The monoisotopic (exact) mass is 859 g/mol. The third-order valence-corrected chi connectivity index (χ3v) is 11.2. The van der Waals surface area contributed by atoms with E-state index in [1.165, 1.54) is 128 Å². The predicted octanol–water partition coefficient (Wildman–Crippen LogP) is 14.4. The van der Waals surface area contributed by atoms with Crippen LogP contribution in [0.4, 0.5) is 0 Å². The summed E-state index contributed by atoms with van der Waals surface area (Å²) < 4.78 is 17.3. The molecule has 8 nitrogen and oxygen atoms in total. The number of carboxylic acid groups (broad SMARTS) is 1. The number of hydrogen-bond donors (Lipinski definition) is 1. The molecule has 2 atom stereocenters. The Hall–Kier alpha value is -2.71. The molecule has 0 amide bonds. The number of nitrogens with zero attached hydrogens (tertiary/aromatic N) is 1. The van der Waals surface area contributed by atoms with Crippen molar-refractivity contribution >= 4 is 17.9 Å². The number of ether oxygens (including phenoxy) is 3. The van der Waals surface area contributed by atoms with Crippen molar-refractivity contribution in [3.05, 3.63) is 48.6 Å². The summed E-state index contributed by atoms with van der Waals surface area (Å²) in [6.45, 7) is 4.70. The number of aliphatic carboxylic acids is 1. The summed E-state index contributed by atoms with van der Waals surface area (Å²) in [5, 5.41) is 9.65. The summed E-state index contributed by atoms with van der Waals surface area (Å²) in [4.78, 5) is 37.1. The molecule has 0 saturated carbocycles. The highest BCUT2D eigenvalue weighted by atomic mass is 16.6. The summed E-state index contributed by atoms with van der Waals surface area (Å²) >= 11 is 0. The lowest BCUT2D eigenvalue weighted by Crippen LogP contribution is -2.50. The molecule has 0 aromatic rings. The number of carbonyl (C=O) groups excluding carboxylic acids is 2. The van der Waals surface area contributed by atoms with Crippen LogP contribution in [0.5, 0.6) is 0 Å². The molecule has 0 aliphatic rings. The maximum absolute atomic E-state index is 12.8. The van der Waals surface area contributed by atoms with Gasteiger partial charge in [-0.3, -0.25) is 9.59 Å². The van der Waals surface area contributed by atoms with E-state index in [-0.39, 0.29) is 36.2 Å². The lowest BCUT2D eigenvalue weighted by molar-refractivity contribution is -0.887. The molecule has 61 heavy (non-hydrogen) atoms. The fourth-order valence-corrected chi connectivity index (χ4v) is 7.27. The third kappa shape index (κ3) is 42.4. The molecule has 0 saturated heterocycles. The first-order chi connectivity index (χ1) is 29.6. The van der Waals surface area contributed by atoms with Gasteiger partial charge in [-0.25, -0.2) is 4.79 Å². The van der Waals surface area contributed by atoms with Crippen molar-refractivity contribution in [1.82, 2.24) is 0 Å². The minimum Gasteiger partial charge on any atom is -0.477 e. The van der Waals surface area contributed by atoms with Gasteiger partial charge in [0.15, 0.2) is 12.1 Å². The number of rotatable bonds is 45. The number of carbonyl (C=O) groups is 3. The molecule has 0 fully saturated rings. The molecule has 0 aliphatic carbocycles. The molecule has 0 aromatic carbocycles. The lowest BCUT2D eigenvalue weighted by Gasteiger charge is -2.31. The molecule has 0 rings (SSSR count). The Kier molecular flexibility index (Phi) is 42.0. The molecular formula is C53H96NO7+. The highest BCUT2D eigenvalue weighted by Gasteiger charge is 2.31. The molecule has 1 N–H and O–H groups in total. The molecule has 0 spiro atoms. The number of carboxylic acids is 1. The van der Waals surface area contributed by atoms with Gasteiger partial charge in [-0.05, 0) is 77.0 Å². The van der Waals surface area contributed by atoms with Gasteiger partial charge in [0, 0.05) is 19.3 Å². The fourth-order valence-electron chi connectivity index (χ4n) is 7.27. The average molecular weight is 859 g/mol. The van der Waals surface area contributed by atoms with Crippen LogP contribution in [0.1, 0.15) is 219 Å². The van der Waals surface area contributed by atoms with E-state index in [1.54, 1.807) is 0 Å². The zero-order chi connectivity index (χ0) is 44.9. The second-order valence-electron chi connectivity index (χ2n) is 18.1. The quantitative estimate of drug-likeness (QED) is 0.0282. The smallest absolute Gasteiger partial charge is 0.362 e. The number of quaternary nitrogens is 1. The summed E-state index contributed by atoms with van der Waals surface area (Å²) in [5.41, 5.74) is 0. The van der Waals surface area contributed by atoms with Crippen LogP contribution in [-0.2, 0) is 28.6 Å². The fraction of sp³-hybridized carbons (Fsp3) is 0.792. The minimum atomic E-state index is -0.876. The first-order valence-corrected chi connectivity index (χ1v) is 25.2. The summed E-state index contributed by atoms with van der Waals surface area (Å²) in [6, 6.07) is -0.617. The second-order valence-corrected chi connectivity index (χ2v) is 18.1. The second kappa shape index (κ2) is 43.9. The SMILES string of the molecule is CCCCC/C=C/C/C=C/C/C=C/CCCCCCCCCCCC(=O)OC(COCCC(C(=O)O)[N+](C)(C)C)COC(=O)CCCCCCCCC/C=C/CCCCCC. The van der Waals surface area contributed by atoms with Gasteiger partial charge in [-0.1, -0.05) is 172 Å². The predicted molar refractivity (Wildman–Crippen MR) is 257 cm³/mol. The Morgan fingerprint density at radius 3 is 1.33 bits per heavy atom. The van der Waals surface area contributed by atoms with Crippen molar-refractivity contribution in [2.75, 3.05) is 41.0 Å². The van der Waals surface area contributed by atoms with Gasteiger partial charge in [-0.15, -0.1) is 0 Å². The Labute approximate surface area is 376 Å². The summed E-state index contributed by atoms with van der Waals surface area (Å²) in [7, 11) is 5.53. The molecule has 8 heteroatoms. The summed E-state index contributed by atoms with van der Waals surface area (Å²) in [5.74, 6) is -1.47. The molecule has 2 unspecified atom stereocenters. The van der Waals surface area contributed by atoms with Gasteiger partial charge in [0.2, 0.25) is 0 Å². The molecule has 0 radical (unpaired) electrons. The van der Waals surface area contributed by atoms with Crippen LogP contribution < -0.4 is 0 Å². The van der Waals surface area contributed by atoms with Crippen molar-refractivity contribution in [1.29, 1.82) is 0 Å². The Balaban J connectivity index is 4.26. The number of hydrogen-bond acceptors (Lipinski definition) is 6. The summed E-state index contributed by atoms with van der Waals surface area (Å²) in [6.07, 6.45) is 52.9. The van der Waals surface area contributed by atoms with E-state index in [9.17, 15) is 19.5 Å². The zero-order valence-electron chi connectivity index (χ0n) is 40.4. The number of unbranched alkanes of at least 4 members (excludes halogenated alkanes) is 23. The van der Waals surface area contributed by atoms with E-state index in [4.69, 9.17) is 14.2 Å². The molecule has 0 bridgehead atoms. The normalized spacial score (nSPS) is 13.3. The lowest BCUT2D eigenvalue weighted by atomic mass is 10.1. The van der Waals surface area contributed by atoms with Gasteiger partial charge in [0.05, 0.1) is 34.4 Å². The largest absolute Gasteiger partial charge is 0.477 e. The Morgan fingerprint density at radius 1 is 0.492 bits per heavy atom. The average Bonchev–Trinajstić information content (AvgIpc) is 3.22. The Morgan fingerprint density at radius 2 is 0.869 bits per heavy atom. The topological polar surface area (TPSA) is 99.1 Å². The van der Waals surface area contributed by atoms with Crippen LogP contribution in [0, 0.1) is 0 Å². The van der Waals surface area contributed by atoms with Gasteiger partial charge in [0.25, 0.3) is 0 Å². The van der Waals surface area contributed by atoms with Crippen LogP contribution in [0.2, 0.25) is 0 Å². The van der Waals surface area contributed by atoms with E-state index in [0.29, 0.717) is 19.3 Å². The van der Waals surface area contributed by atoms with Gasteiger partial charge in [-0.2, -0.15) is 0 Å². The van der Waals surface area contributed by atoms with Crippen molar-refractivity contribution in [3.8, 4) is 0 Å². The standard InChI is InChI=1S/C53H95NO7/c1-6-8-10-12-14-16-18-20-22-23-24-25-26-27-28-30-32-34-36-38-40-42-44-52(56)61-49(47-59-46-45-50(53(57)58)54(3,4)5)48-60-51(55)43-41-39-37-35-33-31-29-21-19-17-15-13-11-9-7-2/h14,16-17,19-20,22,24-25,49-50H,6-13,15,18,21,23,26-48H2,1-5H3/p+1/b16-14+,19-17+,22-20+,25-24+. The van der Waals surface area contributed by atoms with Crippen molar-refractivity contribution in [2.45, 2.75) is 231 Å². The van der Waals surface area contributed by atoms with Crippen LogP contribution in [-0.4, -0.2) is 80.6 Å². The van der Waals surface area contributed by atoms with E-state index in [2.05, 4.69) is 62.5 Å². The molecule has 0 aliphatic heterocycles. The van der Waals surface area contributed by atoms with Gasteiger partial charge < -0.3 is 23.8 Å². The van der Waals surface area contributed by atoms with Crippen LogP contribution in [0.15, 0.2) is 48.6 Å². The van der Waals surface area contributed by atoms with Gasteiger partial charge in [0.1, 0.15) is 6.61 Å². The maximum atomic E-state index is 12.8. The first kappa shape index (κ1) is 58.3. The minimum absolute atomic E-state index is 0.0551. The van der Waals surface area contributed by atoms with E-state index in [0.717, 1.165) is 57.8 Å². The highest BCUT2D eigenvalue weighted by Crippen LogP contribution is 2.15. The highest BCUT2D eigenvalue weighted by molar-refractivity contribution is 5.72. The van der Waals surface area contributed by atoms with Crippen molar-refractivity contribution in [3.63, 3.8) is 0 Å². The number of allylic oxidation sites excluding steroid dienone is 8. The zero-order valence-corrected chi connectivity index (χ0v) is 40.4. The first-order valence-electron chi connectivity index (χ1n) is 25.2. The molecular weight excluding hydrogens is 763 g/mol. The Bertz CT molecular complexity index is 1140. The number of esters is 2. The van der Waals surface area contributed by atoms with Crippen LogP contribution in [0.3, 0.4) is 0 Å². The van der Waals surface area contributed by atoms with Crippen LogP contribution >= 0.6 is 0 Å². The maximum Gasteiger partial charge on any atom is 0.362 e. The van der Waals surface area contributed by atoms with Crippen molar-refractivity contribution in [2.24, 2.45) is 0 Å². The molecule has 354 valence electrons. The van der Waals surface area contributed by atoms with Crippen LogP contribution in [0.25, 0.3) is 0 Å². The number of likely N-dealkylation sites (N-methyl/N-ethyl adjacent to an activating group) is 1. The third-order valence-electron chi connectivity index (χ3n) is 11.2. The van der Waals surface area contributed by atoms with Gasteiger partial charge >= 0.3 is 17.9 Å². The molecule has 0 heterocycles. The van der Waals surface area contributed by atoms with E-state index >= 15 is 0 Å². The molecule has 0 aromatic heterocycles. The van der Waals surface area contributed by atoms with E-state index in [1.807, 2.05) is 21.1 Å². The van der Waals surface area contributed by atoms with Crippen molar-refractivity contribution < 1.29 is 38.2 Å². The van der Waals surface area contributed by atoms with E-state index < -0.39 is 18.1 Å².